The van der Waals surface area contributed by atoms with Gasteiger partial charge < -0.3 is 20.1 Å². The maximum absolute atomic E-state index is 11.8. The number of imidazole rings is 1. The lowest BCUT2D eigenvalue weighted by atomic mass is 10.1. The van der Waals surface area contributed by atoms with E-state index in [1.807, 2.05) is 35.8 Å². The number of carbonyl (C=O) groups excluding carboxylic acids is 1. The number of anilines is 1. The molecule has 1 aliphatic heterocycles. The summed E-state index contributed by atoms with van der Waals surface area (Å²) in [5.74, 6) is 1.30. The van der Waals surface area contributed by atoms with Gasteiger partial charge in [-0.15, -0.1) is 0 Å². The number of nitrogens with zero attached hydrogens (tertiary/aromatic N) is 4. The van der Waals surface area contributed by atoms with Gasteiger partial charge in [0.2, 0.25) is 0 Å². The van der Waals surface area contributed by atoms with Crippen molar-refractivity contribution in [1.29, 1.82) is 0 Å². The largest absolute Gasteiger partial charge is 0.374 e. The van der Waals surface area contributed by atoms with Crippen molar-refractivity contribution in [2.45, 2.75) is 52.0 Å². The number of aromatic nitrogens is 4. The van der Waals surface area contributed by atoms with Crippen LogP contribution in [-0.4, -0.2) is 44.6 Å². The highest BCUT2D eigenvalue weighted by atomic mass is 16.5. The fraction of sp³-hybridized carbons (Fsp3) is 0.417. The minimum absolute atomic E-state index is 0.0417. The number of fused-ring (bicyclic) bond motifs is 1. The molecular formula is C24H30N6O3. The Balaban J connectivity index is 1.40. The lowest BCUT2D eigenvalue weighted by Gasteiger charge is -2.30. The van der Waals surface area contributed by atoms with Crippen LogP contribution in [0.4, 0.5) is 5.82 Å². The summed E-state index contributed by atoms with van der Waals surface area (Å²) in [6.07, 6.45) is 5.83. The Hall–Kier alpha value is -3.30. The maximum Gasteiger partial charge on any atom is 0.167 e. The molecule has 3 heterocycles. The zero-order chi connectivity index (χ0) is 23.2. The predicted molar refractivity (Wildman–Crippen MR) is 126 cm³/mol. The molecule has 0 saturated carbocycles. The van der Waals surface area contributed by atoms with Crippen molar-refractivity contribution in [3.8, 4) is 0 Å². The molecule has 0 bridgehead atoms. The zero-order valence-electron chi connectivity index (χ0n) is 19.1. The first-order valence-corrected chi connectivity index (χ1v) is 11.3. The van der Waals surface area contributed by atoms with Crippen molar-refractivity contribution < 1.29 is 14.3 Å². The molecule has 1 aromatic carbocycles. The van der Waals surface area contributed by atoms with E-state index in [2.05, 4.69) is 32.2 Å². The zero-order valence-corrected chi connectivity index (χ0v) is 19.1. The van der Waals surface area contributed by atoms with E-state index in [1.54, 1.807) is 13.3 Å². The van der Waals surface area contributed by atoms with E-state index >= 15 is 0 Å². The molecule has 1 fully saturated rings. The molecule has 9 nitrogen and oxygen atoms in total. The highest BCUT2D eigenvalue weighted by Gasteiger charge is 2.26. The van der Waals surface area contributed by atoms with Crippen LogP contribution < -0.4 is 10.6 Å². The number of carbonyl (C=O) groups is 1. The molecule has 2 atom stereocenters. The van der Waals surface area contributed by atoms with E-state index in [0.717, 1.165) is 31.4 Å². The Morgan fingerprint density at radius 1 is 1.27 bits per heavy atom. The van der Waals surface area contributed by atoms with E-state index in [1.165, 1.54) is 6.33 Å². The maximum atomic E-state index is 11.8. The van der Waals surface area contributed by atoms with E-state index in [-0.39, 0.29) is 18.1 Å². The molecule has 4 rings (SSSR count). The van der Waals surface area contributed by atoms with Gasteiger partial charge in [-0.2, -0.15) is 0 Å². The molecule has 2 aromatic heterocycles. The fourth-order valence-corrected chi connectivity index (χ4v) is 4.05. The Labute approximate surface area is 193 Å². The van der Waals surface area contributed by atoms with Gasteiger partial charge in [-0.05, 0) is 38.7 Å². The molecule has 3 aromatic rings. The topological polar surface area (TPSA) is 103 Å². The molecule has 33 heavy (non-hydrogen) atoms. The van der Waals surface area contributed by atoms with Gasteiger partial charge in [-0.1, -0.05) is 30.8 Å². The lowest BCUT2D eigenvalue weighted by molar-refractivity contribution is -0.118. The summed E-state index contributed by atoms with van der Waals surface area (Å²) in [4.78, 5) is 25.1. The number of nitrogens with one attached hydrogen (secondary N) is 2. The lowest BCUT2D eigenvalue weighted by Crippen LogP contribution is -2.29. The second-order valence-electron chi connectivity index (χ2n) is 8.05. The average Bonchev–Trinajstić information content (AvgIpc) is 3.25. The Bertz CT molecular complexity index is 1130. The first kappa shape index (κ1) is 22.9. The van der Waals surface area contributed by atoms with E-state index < -0.39 is 0 Å². The van der Waals surface area contributed by atoms with Gasteiger partial charge >= 0.3 is 0 Å². The van der Waals surface area contributed by atoms with Gasteiger partial charge in [-0.3, -0.25) is 9.36 Å². The molecule has 9 heteroatoms. The third-order valence-corrected chi connectivity index (χ3v) is 5.61. The van der Waals surface area contributed by atoms with Crippen molar-refractivity contribution in [3.05, 3.63) is 60.4 Å². The number of Topliss-reactive ketones (excluding diaryl/α,β-unsaturated/α-hetero) is 1. The number of hydrogen-bond donors (Lipinski definition) is 2. The van der Waals surface area contributed by atoms with Crippen molar-refractivity contribution in [2.24, 2.45) is 0 Å². The normalized spacial score (nSPS) is 18.2. The Morgan fingerprint density at radius 3 is 2.94 bits per heavy atom. The van der Waals surface area contributed by atoms with Gasteiger partial charge in [0, 0.05) is 12.1 Å². The van der Waals surface area contributed by atoms with Crippen molar-refractivity contribution >= 4 is 22.8 Å². The number of ketones is 1. The van der Waals surface area contributed by atoms with Gasteiger partial charge in [-0.25, -0.2) is 15.0 Å². The summed E-state index contributed by atoms with van der Waals surface area (Å²) in [5, 5.41) is 6.27. The molecule has 1 saturated heterocycles. The minimum atomic E-state index is -0.179. The number of ether oxygens (including phenoxy) is 2. The molecule has 0 spiro atoms. The first-order valence-electron chi connectivity index (χ1n) is 11.3. The molecule has 0 radical (unpaired) electrons. The average molecular weight is 451 g/mol. The Morgan fingerprint density at radius 2 is 2.12 bits per heavy atom. The van der Waals surface area contributed by atoms with Gasteiger partial charge in [0.1, 0.15) is 12.6 Å². The molecule has 174 valence electrons. The standard InChI is InChI=1S/C24H30N6O3/c1-4-25-17(3)29-23-22-24(27-14-26-23)30(15-28-22)21-11-7-9-19(33-21)13-32-12-18-8-5-6-10-20(18)16(2)31/h5-6,8,10,14-15,19,21,25H,3-4,7,9,11-13H2,1-2H3,(H,26,27,29). The van der Waals surface area contributed by atoms with Gasteiger partial charge in [0.25, 0.3) is 0 Å². The van der Waals surface area contributed by atoms with E-state index in [0.29, 0.717) is 41.6 Å². The van der Waals surface area contributed by atoms with Crippen LogP contribution in [0, 0.1) is 0 Å². The number of rotatable bonds is 10. The SMILES string of the molecule is C=C(NCC)Nc1ncnc2c1ncn2C1CCCC(COCc2ccccc2C(C)=O)O1. The molecule has 0 amide bonds. The first-order chi connectivity index (χ1) is 16.1. The van der Waals surface area contributed by atoms with Crippen LogP contribution in [0.5, 0.6) is 0 Å². The quantitative estimate of drug-likeness (QED) is 0.450. The van der Waals surface area contributed by atoms with Crippen LogP contribution >= 0.6 is 0 Å². The van der Waals surface area contributed by atoms with Gasteiger partial charge in [0.05, 0.1) is 31.5 Å². The third-order valence-electron chi connectivity index (χ3n) is 5.61. The van der Waals surface area contributed by atoms with Gasteiger partial charge in [0.15, 0.2) is 22.8 Å². The summed E-state index contributed by atoms with van der Waals surface area (Å²) in [6.45, 7) is 9.11. The van der Waals surface area contributed by atoms with Crippen molar-refractivity contribution in [2.75, 3.05) is 18.5 Å². The summed E-state index contributed by atoms with van der Waals surface area (Å²) < 4.78 is 14.2. The van der Waals surface area contributed by atoms with Crippen LogP contribution in [-0.2, 0) is 16.1 Å². The Kier molecular flexibility index (Phi) is 7.31. The molecule has 2 unspecified atom stereocenters. The van der Waals surface area contributed by atoms with Crippen LogP contribution in [0.2, 0.25) is 0 Å². The summed E-state index contributed by atoms with van der Waals surface area (Å²) in [7, 11) is 0. The number of hydrogen-bond acceptors (Lipinski definition) is 8. The fourth-order valence-electron chi connectivity index (χ4n) is 4.05. The molecule has 0 aliphatic carbocycles. The molecule has 2 N–H and O–H groups in total. The second-order valence-corrected chi connectivity index (χ2v) is 8.05. The van der Waals surface area contributed by atoms with Crippen LogP contribution in [0.1, 0.15) is 55.3 Å². The minimum Gasteiger partial charge on any atom is -0.374 e. The summed E-state index contributed by atoms with van der Waals surface area (Å²) >= 11 is 0. The smallest absolute Gasteiger partial charge is 0.167 e. The molecule has 1 aliphatic rings. The van der Waals surface area contributed by atoms with Crippen LogP contribution in [0.15, 0.2) is 49.3 Å². The third kappa shape index (κ3) is 5.37. The van der Waals surface area contributed by atoms with Crippen molar-refractivity contribution in [3.63, 3.8) is 0 Å². The van der Waals surface area contributed by atoms with E-state index in [9.17, 15) is 4.79 Å². The van der Waals surface area contributed by atoms with Crippen molar-refractivity contribution in [1.82, 2.24) is 24.8 Å². The monoisotopic (exact) mass is 450 g/mol. The summed E-state index contributed by atoms with van der Waals surface area (Å²) in [5.41, 5.74) is 2.97. The number of benzene rings is 1. The second kappa shape index (κ2) is 10.5. The van der Waals surface area contributed by atoms with Crippen LogP contribution in [0.3, 0.4) is 0 Å². The molecular weight excluding hydrogens is 420 g/mol. The van der Waals surface area contributed by atoms with E-state index in [4.69, 9.17) is 9.47 Å². The predicted octanol–water partition coefficient (Wildman–Crippen LogP) is 3.81. The van der Waals surface area contributed by atoms with Crippen LogP contribution in [0.25, 0.3) is 11.2 Å². The summed E-state index contributed by atoms with van der Waals surface area (Å²) in [6, 6.07) is 7.54. The highest BCUT2D eigenvalue weighted by molar-refractivity contribution is 5.95. The highest BCUT2D eigenvalue weighted by Crippen LogP contribution is 2.30.